The van der Waals surface area contributed by atoms with E-state index >= 15 is 0 Å². The second kappa shape index (κ2) is 11.1. The summed E-state index contributed by atoms with van der Waals surface area (Å²) in [6, 6.07) is 16.4. The lowest BCUT2D eigenvalue weighted by Crippen LogP contribution is -2.39. The largest absolute Gasteiger partial charge is 0.386 e. The van der Waals surface area contributed by atoms with Crippen molar-refractivity contribution in [3.63, 3.8) is 0 Å². The van der Waals surface area contributed by atoms with Gasteiger partial charge in [-0.05, 0) is 30.0 Å². The highest BCUT2D eigenvalue weighted by atomic mass is 127. The number of nitrogens with zero attached hydrogens (tertiary/aromatic N) is 2. The standard InChI is InChI=1S/C20H22N4O3S.HI/c1-2-21-20(22-12-14-7-9-16(10-8-14)24(26)27)23-13-17(25)19-11-15-5-3-4-6-18(15)28-19;/h3-11,17,25H,2,12-13H2,1H3,(H2,21,22,23);1H. The Morgan fingerprint density at radius 3 is 2.59 bits per heavy atom. The van der Waals surface area contributed by atoms with Gasteiger partial charge in [0.2, 0.25) is 0 Å². The SMILES string of the molecule is CCNC(=NCc1ccc([N+](=O)[O-])cc1)NCC(O)c1cc2ccccc2s1.I. The first-order valence-corrected chi connectivity index (χ1v) is 9.80. The molecule has 7 nitrogen and oxygen atoms in total. The maximum absolute atomic E-state index is 10.7. The van der Waals surface area contributed by atoms with E-state index in [0.717, 1.165) is 20.5 Å². The number of hydrogen-bond donors (Lipinski definition) is 3. The molecule has 9 heteroatoms. The molecule has 0 fully saturated rings. The first-order valence-electron chi connectivity index (χ1n) is 8.99. The monoisotopic (exact) mass is 526 g/mol. The summed E-state index contributed by atoms with van der Waals surface area (Å²) in [6.07, 6.45) is -0.638. The summed E-state index contributed by atoms with van der Waals surface area (Å²) in [5.41, 5.74) is 0.928. The molecule has 0 saturated carbocycles. The van der Waals surface area contributed by atoms with E-state index in [2.05, 4.69) is 15.6 Å². The predicted molar refractivity (Wildman–Crippen MR) is 128 cm³/mol. The molecule has 3 N–H and O–H groups in total. The topological polar surface area (TPSA) is 99.8 Å². The molecule has 0 aliphatic carbocycles. The number of aliphatic hydroxyl groups is 1. The summed E-state index contributed by atoms with van der Waals surface area (Å²) < 4.78 is 1.15. The Kier molecular flexibility index (Phi) is 8.80. The summed E-state index contributed by atoms with van der Waals surface area (Å²) in [4.78, 5) is 15.7. The van der Waals surface area contributed by atoms with Crippen molar-refractivity contribution in [3.8, 4) is 0 Å². The Morgan fingerprint density at radius 1 is 1.21 bits per heavy atom. The lowest BCUT2D eigenvalue weighted by molar-refractivity contribution is -0.384. The van der Waals surface area contributed by atoms with Crippen LogP contribution in [-0.4, -0.2) is 29.1 Å². The highest BCUT2D eigenvalue weighted by Gasteiger charge is 2.12. The summed E-state index contributed by atoms with van der Waals surface area (Å²) >= 11 is 1.58. The molecule has 1 heterocycles. The lowest BCUT2D eigenvalue weighted by atomic mass is 10.2. The molecule has 0 bridgehead atoms. The third-order valence-corrected chi connectivity index (χ3v) is 5.36. The van der Waals surface area contributed by atoms with Crippen LogP contribution in [0.25, 0.3) is 10.1 Å². The first-order chi connectivity index (χ1) is 13.6. The second-order valence-electron chi connectivity index (χ2n) is 6.20. The van der Waals surface area contributed by atoms with E-state index in [-0.39, 0.29) is 29.7 Å². The van der Waals surface area contributed by atoms with Crippen LogP contribution in [0.4, 0.5) is 5.69 Å². The van der Waals surface area contributed by atoms with Crippen LogP contribution in [0, 0.1) is 10.1 Å². The molecule has 154 valence electrons. The van der Waals surface area contributed by atoms with Gasteiger partial charge in [-0.1, -0.05) is 30.3 Å². The van der Waals surface area contributed by atoms with Gasteiger partial charge in [-0.15, -0.1) is 35.3 Å². The molecular formula is C20H23IN4O3S. The van der Waals surface area contributed by atoms with Gasteiger partial charge in [0.05, 0.1) is 11.5 Å². The average Bonchev–Trinajstić information content (AvgIpc) is 3.14. The van der Waals surface area contributed by atoms with Gasteiger partial charge >= 0.3 is 0 Å². The number of rotatable bonds is 7. The van der Waals surface area contributed by atoms with E-state index < -0.39 is 11.0 Å². The maximum Gasteiger partial charge on any atom is 0.269 e. The number of guanidine groups is 1. The number of fused-ring (bicyclic) bond motifs is 1. The Labute approximate surface area is 190 Å². The molecule has 1 atom stereocenters. The number of thiophene rings is 1. The fourth-order valence-electron chi connectivity index (χ4n) is 2.70. The summed E-state index contributed by atoms with van der Waals surface area (Å²) in [5.74, 6) is 0.584. The van der Waals surface area contributed by atoms with Gasteiger partial charge in [0.25, 0.3) is 5.69 Å². The van der Waals surface area contributed by atoms with Gasteiger partial charge in [-0.2, -0.15) is 0 Å². The first kappa shape index (κ1) is 23.0. The van der Waals surface area contributed by atoms with Crippen LogP contribution in [0.5, 0.6) is 0 Å². The molecule has 1 aromatic heterocycles. The number of hydrogen-bond acceptors (Lipinski definition) is 5. The Bertz CT molecular complexity index is 942. The number of halogens is 1. The van der Waals surface area contributed by atoms with Crippen molar-refractivity contribution < 1.29 is 10.0 Å². The number of nitro groups is 1. The Hall–Kier alpha value is -2.24. The van der Waals surface area contributed by atoms with Crippen LogP contribution < -0.4 is 10.6 Å². The number of aliphatic hydroxyl groups excluding tert-OH is 1. The van der Waals surface area contributed by atoms with E-state index in [1.54, 1.807) is 23.5 Å². The molecular weight excluding hydrogens is 503 g/mol. The molecule has 29 heavy (non-hydrogen) atoms. The molecule has 0 spiro atoms. The minimum atomic E-state index is -0.638. The summed E-state index contributed by atoms with van der Waals surface area (Å²) in [6.45, 7) is 3.36. The number of benzene rings is 2. The molecule has 1 unspecified atom stereocenters. The number of nitrogens with one attached hydrogen (secondary N) is 2. The third kappa shape index (κ3) is 6.38. The normalized spacial score (nSPS) is 12.3. The van der Waals surface area contributed by atoms with Crippen molar-refractivity contribution in [2.45, 2.75) is 19.6 Å². The van der Waals surface area contributed by atoms with Crippen LogP contribution in [0.15, 0.2) is 59.6 Å². The van der Waals surface area contributed by atoms with Gasteiger partial charge in [0, 0.05) is 34.8 Å². The quantitative estimate of drug-likeness (QED) is 0.141. The van der Waals surface area contributed by atoms with Crippen LogP contribution in [0.2, 0.25) is 0 Å². The van der Waals surface area contributed by atoms with Crippen LogP contribution >= 0.6 is 35.3 Å². The van der Waals surface area contributed by atoms with E-state index in [1.165, 1.54) is 12.1 Å². The molecule has 3 aromatic rings. The molecule has 0 saturated heterocycles. The van der Waals surface area contributed by atoms with Crippen molar-refractivity contribution in [1.82, 2.24) is 10.6 Å². The summed E-state index contributed by atoms with van der Waals surface area (Å²) in [5, 5.41) is 28.6. The van der Waals surface area contributed by atoms with E-state index in [9.17, 15) is 15.2 Å². The fourth-order valence-corrected chi connectivity index (χ4v) is 3.75. The van der Waals surface area contributed by atoms with Crippen molar-refractivity contribution >= 4 is 57.0 Å². The average molecular weight is 526 g/mol. The highest BCUT2D eigenvalue weighted by molar-refractivity contribution is 14.0. The third-order valence-electron chi connectivity index (χ3n) is 4.15. The zero-order chi connectivity index (χ0) is 19.9. The molecule has 0 radical (unpaired) electrons. The molecule has 0 amide bonds. The van der Waals surface area contributed by atoms with Gasteiger partial charge < -0.3 is 15.7 Å². The van der Waals surface area contributed by atoms with Gasteiger partial charge in [-0.3, -0.25) is 10.1 Å². The smallest absolute Gasteiger partial charge is 0.269 e. The van der Waals surface area contributed by atoms with Crippen molar-refractivity contribution in [3.05, 3.63) is 75.2 Å². The second-order valence-corrected chi connectivity index (χ2v) is 7.32. The van der Waals surface area contributed by atoms with E-state index in [1.807, 2.05) is 37.3 Å². The van der Waals surface area contributed by atoms with E-state index in [4.69, 9.17) is 0 Å². The van der Waals surface area contributed by atoms with E-state index in [0.29, 0.717) is 25.6 Å². The molecule has 2 aromatic carbocycles. The van der Waals surface area contributed by atoms with Crippen molar-refractivity contribution in [1.29, 1.82) is 0 Å². The van der Waals surface area contributed by atoms with Gasteiger partial charge in [0.15, 0.2) is 5.96 Å². The minimum absolute atomic E-state index is 0. The molecule has 3 rings (SSSR count). The molecule has 0 aliphatic rings. The Balaban J connectivity index is 0.00000300. The van der Waals surface area contributed by atoms with Crippen LogP contribution in [0.1, 0.15) is 23.5 Å². The summed E-state index contributed by atoms with van der Waals surface area (Å²) in [7, 11) is 0. The fraction of sp³-hybridized carbons (Fsp3) is 0.250. The van der Waals surface area contributed by atoms with Crippen LogP contribution in [0.3, 0.4) is 0 Å². The van der Waals surface area contributed by atoms with Crippen LogP contribution in [-0.2, 0) is 6.54 Å². The van der Waals surface area contributed by atoms with Crippen molar-refractivity contribution in [2.24, 2.45) is 4.99 Å². The van der Waals surface area contributed by atoms with Gasteiger partial charge in [-0.25, -0.2) is 4.99 Å². The highest BCUT2D eigenvalue weighted by Crippen LogP contribution is 2.29. The number of aliphatic imine (C=N–C) groups is 1. The van der Waals surface area contributed by atoms with Gasteiger partial charge in [0.1, 0.15) is 6.10 Å². The van der Waals surface area contributed by atoms with Crippen molar-refractivity contribution in [2.75, 3.05) is 13.1 Å². The molecule has 0 aliphatic heterocycles. The zero-order valence-corrected chi connectivity index (χ0v) is 19.0. The predicted octanol–water partition coefficient (Wildman–Crippen LogP) is 4.22. The Morgan fingerprint density at radius 2 is 1.93 bits per heavy atom. The lowest BCUT2D eigenvalue weighted by Gasteiger charge is -2.14. The zero-order valence-electron chi connectivity index (χ0n) is 15.9. The number of non-ortho nitro benzene ring substituents is 1. The maximum atomic E-state index is 10.7. The number of nitro benzene ring substituents is 1. The minimum Gasteiger partial charge on any atom is -0.386 e.